The molecule has 2 N–H and O–H groups in total. The lowest BCUT2D eigenvalue weighted by molar-refractivity contribution is 0.0272. The summed E-state index contributed by atoms with van der Waals surface area (Å²) in [5.74, 6) is 0. The number of ether oxygens (including phenoxy) is 1. The van der Waals surface area contributed by atoms with Gasteiger partial charge < -0.3 is 10.1 Å². The third-order valence-electron chi connectivity index (χ3n) is 1.86. The molecule has 5 nitrogen and oxygen atoms in total. The van der Waals surface area contributed by atoms with Gasteiger partial charge in [-0.1, -0.05) is 17.7 Å². The molecule has 88 valence electrons. The number of hydrogen-bond acceptors (Lipinski definition) is 3. The van der Waals surface area contributed by atoms with Crippen molar-refractivity contribution < 1.29 is 14.4 Å². The predicted octanol–water partition coefficient (Wildman–Crippen LogP) is 1.69. The molecule has 0 unspecified atom stereocenters. The van der Waals surface area contributed by atoms with Crippen LogP contribution in [-0.4, -0.2) is 26.4 Å². The standard InChI is InChI=1S/C11H16N2O3/c1-9-3-5-10(6-4-9)12-11(14)13-16-8-7-15-2/h3-6H,7-8H2,1-2H3,(H2,12,13,14). The highest BCUT2D eigenvalue weighted by molar-refractivity contribution is 5.88. The fourth-order valence-corrected chi connectivity index (χ4v) is 1.04. The zero-order valence-electron chi connectivity index (χ0n) is 9.45. The summed E-state index contributed by atoms with van der Waals surface area (Å²) in [6.45, 7) is 2.74. The van der Waals surface area contributed by atoms with E-state index in [2.05, 4.69) is 10.8 Å². The van der Waals surface area contributed by atoms with Crippen LogP contribution in [0.4, 0.5) is 10.5 Å². The molecule has 0 aliphatic rings. The fraction of sp³-hybridized carbons (Fsp3) is 0.364. The highest BCUT2D eigenvalue weighted by atomic mass is 16.7. The molecule has 0 bridgehead atoms. The predicted molar refractivity (Wildman–Crippen MR) is 61.2 cm³/mol. The second-order valence-corrected chi connectivity index (χ2v) is 3.26. The summed E-state index contributed by atoms with van der Waals surface area (Å²) in [6, 6.07) is 7.08. The average Bonchev–Trinajstić information content (AvgIpc) is 2.28. The molecular weight excluding hydrogens is 208 g/mol. The van der Waals surface area contributed by atoms with Crippen LogP contribution in [0.25, 0.3) is 0 Å². The first kappa shape index (κ1) is 12.5. The number of anilines is 1. The second-order valence-electron chi connectivity index (χ2n) is 3.26. The normalized spacial score (nSPS) is 9.88. The minimum Gasteiger partial charge on any atom is -0.382 e. The molecule has 0 radical (unpaired) electrons. The molecule has 16 heavy (non-hydrogen) atoms. The van der Waals surface area contributed by atoms with Crippen molar-refractivity contribution in [2.75, 3.05) is 25.6 Å². The van der Waals surface area contributed by atoms with Crippen molar-refractivity contribution in [1.82, 2.24) is 5.48 Å². The van der Waals surface area contributed by atoms with Crippen LogP contribution in [0.1, 0.15) is 5.56 Å². The molecule has 1 aromatic rings. The van der Waals surface area contributed by atoms with Gasteiger partial charge in [-0.3, -0.25) is 4.84 Å². The lowest BCUT2D eigenvalue weighted by Crippen LogP contribution is -2.30. The van der Waals surface area contributed by atoms with E-state index < -0.39 is 6.03 Å². The van der Waals surface area contributed by atoms with Gasteiger partial charge in [-0.15, -0.1) is 0 Å². The van der Waals surface area contributed by atoms with Gasteiger partial charge in [-0.05, 0) is 19.1 Å². The van der Waals surface area contributed by atoms with Crippen LogP contribution in [0.15, 0.2) is 24.3 Å². The van der Waals surface area contributed by atoms with Crippen LogP contribution >= 0.6 is 0 Å². The zero-order chi connectivity index (χ0) is 11.8. The zero-order valence-corrected chi connectivity index (χ0v) is 9.45. The van der Waals surface area contributed by atoms with E-state index in [0.29, 0.717) is 13.2 Å². The number of amides is 2. The SMILES string of the molecule is COCCONC(=O)Nc1ccc(C)cc1. The highest BCUT2D eigenvalue weighted by Gasteiger charge is 2.00. The van der Waals surface area contributed by atoms with Crippen molar-refractivity contribution in [3.8, 4) is 0 Å². The first-order valence-corrected chi connectivity index (χ1v) is 4.97. The molecule has 0 saturated carbocycles. The summed E-state index contributed by atoms with van der Waals surface area (Å²) in [5, 5.41) is 2.63. The quantitative estimate of drug-likeness (QED) is 0.591. The van der Waals surface area contributed by atoms with Gasteiger partial charge in [0, 0.05) is 12.8 Å². The maximum absolute atomic E-state index is 11.3. The Kier molecular flexibility index (Phi) is 5.31. The van der Waals surface area contributed by atoms with E-state index in [9.17, 15) is 4.79 Å². The van der Waals surface area contributed by atoms with Crippen molar-refractivity contribution in [2.24, 2.45) is 0 Å². The summed E-state index contributed by atoms with van der Waals surface area (Å²) < 4.78 is 4.76. The molecule has 5 heteroatoms. The molecule has 0 aromatic heterocycles. The molecular formula is C11H16N2O3. The van der Waals surface area contributed by atoms with Crippen LogP contribution in [0.2, 0.25) is 0 Å². The highest BCUT2D eigenvalue weighted by Crippen LogP contribution is 2.07. The third-order valence-corrected chi connectivity index (χ3v) is 1.86. The van der Waals surface area contributed by atoms with Crippen LogP contribution in [0.3, 0.4) is 0 Å². The first-order chi connectivity index (χ1) is 7.72. The van der Waals surface area contributed by atoms with E-state index in [1.807, 2.05) is 31.2 Å². The van der Waals surface area contributed by atoms with Gasteiger partial charge in [0.2, 0.25) is 0 Å². The summed E-state index contributed by atoms with van der Waals surface area (Å²) >= 11 is 0. The minimum absolute atomic E-state index is 0.317. The number of urea groups is 1. The third kappa shape index (κ3) is 4.77. The van der Waals surface area contributed by atoms with Gasteiger partial charge in [-0.25, -0.2) is 10.3 Å². The lowest BCUT2D eigenvalue weighted by atomic mass is 10.2. The minimum atomic E-state index is -0.403. The Balaban J connectivity index is 2.26. The summed E-state index contributed by atoms with van der Waals surface area (Å²) in [6.07, 6.45) is 0. The Labute approximate surface area is 94.7 Å². The number of aryl methyl sites for hydroxylation is 1. The van der Waals surface area contributed by atoms with Crippen LogP contribution in [0.5, 0.6) is 0 Å². The number of rotatable bonds is 5. The number of carbonyl (C=O) groups excluding carboxylic acids is 1. The van der Waals surface area contributed by atoms with E-state index in [1.165, 1.54) is 0 Å². The van der Waals surface area contributed by atoms with Crippen molar-refractivity contribution >= 4 is 11.7 Å². The van der Waals surface area contributed by atoms with E-state index in [1.54, 1.807) is 7.11 Å². The molecule has 1 aromatic carbocycles. The van der Waals surface area contributed by atoms with Crippen LogP contribution in [-0.2, 0) is 9.57 Å². The topological polar surface area (TPSA) is 59.6 Å². The fourth-order valence-electron chi connectivity index (χ4n) is 1.04. The number of benzene rings is 1. The van der Waals surface area contributed by atoms with Crippen molar-refractivity contribution in [3.63, 3.8) is 0 Å². The van der Waals surface area contributed by atoms with Crippen molar-refractivity contribution in [3.05, 3.63) is 29.8 Å². The number of methoxy groups -OCH3 is 1. The number of nitrogens with one attached hydrogen (secondary N) is 2. The largest absolute Gasteiger partial charge is 0.382 e. The summed E-state index contributed by atoms with van der Waals surface area (Å²) in [5.41, 5.74) is 4.11. The molecule has 0 atom stereocenters. The molecule has 1 rings (SSSR count). The van der Waals surface area contributed by atoms with Gasteiger partial charge in [-0.2, -0.15) is 0 Å². The Morgan fingerprint density at radius 1 is 1.25 bits per heavy atom. The van der Waals surface area contributed by atoms with Crippen LogP contribution in [0, 0.1) is 6.92 Å². The summed E-state index contributed by atoms with van der Waals surface area (Å²) in [4.78, 5) is 16.1. The van der Waals surface area contributed by atoms with E-state index >= 15 is 0 Å². The number of carbonyl (C=O) groups is 1. The molecule has 0 spiro atoms. The Bertz CT molecular complexity index is 325. The molecule has 2 amide bonds. The second kappa shape index (κ2) is 6.81. The van der Waals surface area contributed by atoms with Crippen LogP contribution < -0.4 is 10.8 Å². The van der Waals surface area contributed by atoms with Gasteiger partial charge in [0.05, 0.1) is 13.2 Å². The Hall–Kier alpha value is -1.59. The molecule has 0 aliphatic heterocycles. The first-order valence-electron chi connectivity index (χ1n) is 4.97. The number of hydrogen-bond donors (Lipinski definition) is 2. The van der Waals surface area contributed by atoms with Gasteiger partial charge in [0.15, 0.2) is 0 Å². The number of hydroxylamine groups is 1. The smallest absolute Gasteiger partial charge is 0.343 e. The van der Waals surface area contributed by atoms with E-state index in [-0.39, 0.29) is 0 Å². The molecule has 0 aliphatic carbocycles. The molecule has 0 saturated heterocycles. The van der Waals surface area contributed by atoms with E-state index in [4.69, 9.17) is 9.57 Å². The van der Waals surface area contributed by atoms with Crippen molar-refractivity contribution in [1.29, 1.82) is 0 Å². The summed E-state index contributed by atoms with van der Waals surface area (Å²) in [7, 11) is 1.57. The Morgan fingerprint density at radius 3 is 2.56 bits per heavy atom. The monoisotopic (exact) mass is 224 g/mol. The van der Waals surface area contributed by atoms with Gasteiger partial charge in [0.1, 0.15) is 0 Å². The van der Waals surface area contributed by atoms with Gasteiger partial charge >= 0.3 is 6.03 Å². The van der Waals surface area contributed by atoms with E-state index in [0.717, 1.165) is 11.3 Å². The lowest BCUT2D eigenvalue weighted by Gasteiger charge is -2.07. The van der Waals surface area contributed by atoms with Gasteiger partial charge in [0.25, 0.3) is 0 Å². The molecule has 0 heterocycles. The average molecular weight is 224 g/mol. The maximum Gasteiger partial charge on any atom is 0.343 e. The molecule has 0 fully saturated rings. The van der Waals surface area contributed by atoms with Crippen molar-refractivity contribution in [2.45, 2.75) is 6.92 Å². The Morgan fingerprint density at radius 2 is 1.94 bits per heavy atom. The maximum atomic E-state index is 11.3.